The van der Waals surface area contributed by atoms with Gasteiger partial charge in [0.25, 0.3) is 0 Å². The van der Waals surface area contributed by atoms with E-state index in [2.05, 4.69) is 24.4 Å². The zero-order chi connectivity index (χ0) is 17.9. The van der Waals surface area contributed by atoms with E-state index in [1.165, 1.54) is 0 Å². The van der Waals surface area contributed by atoms with E-state index in [4.69, 9.17) is 16.3 Å². The lowest BCUT2D eigenvalue weighted by Crippen LogP contribution is -2.25. The second-order valence-corrected chi connectivity index (χ2v) is 6.86. The van der Waals surface area contributed by atoms with Crippen LogP contribution in [0.1, 0.15) is 30.4 Å². The van der Waals surface area contributed by atoms with Crippen molar-refractivity contribution in [1.82, 2.24) is 24.4 Å². The van der Waals surface area contributed by atoms with Crippen molar-refractivity contribution in [2.24, 2.45) is 7.05 Å². The summed E-state index contributed by atoms with van der Waals surface area (Å²) in [5.74, 6) is 2.24. The molecule has 7 heteroatoms. The number of imidazole rings is 1. The van der Waals surface area contributed by atoms with Crippen molar-refractivity contribution >= 4 is 11.6 Å². The Kier molecular flexibility index (Phi) is 4.86. The Morgan fingerprint density at radius 2 is 2.08 bits per heavy atom. The maximum atomic E-state index is 5.92. The molecule has 2 aromatic heterocycles. The number of ether oxygens (including phenoxy) is 1. The van der Waals surface area contributed by atoms with Gasteiger partial charge in [-0.15, -0.1) is 0 Å². The van der Waals surface area contributed by atoms with Gasteiger partial charge in [0.05, 0.1) is 30.7 Å². The van der Waals surface area contributed by atoms with Crippen LogP contribution in [0.15, 0.2) is 49.1 Å². The molecular formula is C19H20ClN5O. The topological polar surface area (TPSA) is 56.1 Å². The molecule has 0 bridgehead atoms. The molecule has 3 heterocycles. The van der Waals surface area contributed by atoms with Gasteiger partial charge in [-0.25, -0.2) is 9.97 Å². The molecule has 26 heavy (non-hydrogen) atoms. The van der Waals surface area contributed by atoms with Gasteiger partial charge in [-0.05, 0) is 43.7 Å². The van der Waals surface area contributed by atoms with Crippen LogP contribution in [0.5, 0.6) is 11.6 Å². The molecule has 0 spiro atoms. The van der Waals surface area contributed by atoms with Gasteiger partial charge in [0.2, 0.25) is 5.88 Å². The predicted molar refractivity (Wildman–Crippen MR) is 99.2 cm³/mol. The first-order valence-electron chi connectivity index (χ1n) is 8.64. The van der Waals surface area contributed by atoms with Crippen LogP contribution in [0.25, 0.3) is 0 Å². The van der Waals surface area contributed by atoms with Crippen LogP contribution in [-0.4, -0.2) is 31.0 Å². The minimum absolute atomic E-state index is 0.230. The molecule has 0 saturated carbocycles. The Labute approximate surface area is 157 Å². The lowest BCUT2D eigenvalue weighted by atomic mass is 10.1. The molecule has 1 aliphatic heterocycles. The molecule has 0 N–H and O–H groups in total. The minimum atomic E-state index is 0.230. The molecule has 4 rings (SSSR count). The minimum Gasteiger partial charge on any atom is -0.437 e. The summed E-state index contributed by atoms with van der Waals surface area (Å²) in [6.45, 7) is 1.83. The highest BCUT2D eigenvalue weighted by Crippen LogP contribution is 2.32. The molecule has 1 atom stereocenters. The van der Waals surface area contributed by atoms with Gasteiger partial charge < -0.3 is 9.30 Å². The largest absolute Gasteiger partial charge is 0.437 e. The number of aryl methyl sites for hydroxylation is 1. The Balaban J connectivity index is 1.51. The molecule has 1 fully saturated rings. The number of nitrogens with zero attached hydrogens (tertiary/aromatic N) is 5. The van der Waals surface area contributed by atoms with E-state index in [1.807, 2.05) is 37.8 Å². The summed E-state index contributed by atoms with van der Waals surface area (Å²) in [5.41, 5.74) is 0.933. The number of rotatable bonds is 5. The molecule has 1 aromatic carbocycles. The van der Waals surface area contributed by atoms with Crippen molar-refractivity contribution in [3.63, 3.8) is 0 Å². The van der Waals surface area contributed by atoms with Crippen molar-refractivity contribution in [2.45, 2.75) is 25.4 Å². The summed E-state index contributed by atoms with van der Waals surface area (Å²) >= 11 is 5.92. The zero-order valence-electron chi connectivity index (χ0n) is 14.5. The van der Waals surface area contributed by atoms with Crippen LogP contribution in [0.3, 0.4) is 0 Å². The number of likely N-dealkylation sites (tertiary alicyclic amines) is 1. The first-order valence-corrected chi connectivity index (χ1v) is 9.02. The lowest BCUT2D eigenvalue weighted by Gasteiger charge is -2.23. The number of aromatic nitrogens is 4. The summed E-state index contributed by atoms with van der Waals surface area (Å²) in [6.07, 6.45) is 9.47. The van der Waals surface area contributed by atoms with E-state index in [1.54, 1.807) is 18.3 Å². The molecule has 0 aliphatic carbocycles. The van der Waals surface area contributed by atoms with Crippen molar-refractivity contribution in [3.05, 3.63) is 65.6 Å². The first-order chi connectivity index (χ1) is 12.7. The van der Waals surface area contributed by atoms with Gasteiger partial charge >= 0.3 is 0 Å². The summed E-state index contributed by atoms with van der Waals surface area (Å²) in [7, 11) is 2.02. The van der Waals surface area contributed by atoms with Crippen molar-refractivity contribution in [2.75, 3.05) is 6.54 Å². The van der Waals surface area contributed by atoms with E-state index >= 15 is 0 Å². The average Bonchev–Trinajstić information content (AvgIpc) is 3.27. The van der Waals surface area contributed by atoms with Gasteiger partial charge in [-0.1, -0.05) is 11.6 Å². The fourth-order valence-electron chi connectivity index (χ4n) is 3.28. The second-order valence-electron chi connectivity index (χ2n) is 6.42. The van der Waals surface area contributed by atoms with Crippen LogP contribution < -0.4 is 4.74 Å². The molecule has 1 saturated heterocycles. The van der Waals surface area contributed by atoms with Gasteiger partial charge in [-0.2, -0.15) is 0 Å². The molecule has 0 amide bonds. The highest BCUT2D eigenvalue weighted by molar-refractivity contribution is 6.30. The first kappa shape index (κ1) is 17.0. The normalized spacial score (nSPS) is 17.5. The molecule has 0 radical (unpaired) electrons. The maximum Gasteiger partial charge on any atom is 0.238 e. The monoisotopic (exact) mass is 369 g/mol. The predicted octanol–water partition coefficient (Wildman–Crippen LogP) is 3.99. The third-order valence-electron chi connectivity index (χ3n) is 4.64. The molecule has 134 valence electrons. The fourth-order valence-corrected chi connectivity index (χ4v) is 3.40. The number of hydrogen-bond acceptors (Lipinski definition) is 5. The summed E-state index contributed by atoms with van der Waals surface area (Å²) < 4.78 is 7.88. The molecule has 1 aliphatic rings. The highest BCUT2D eigenvalue weighted by atomic mass is 35.5. The maximum absolute atomic E-state index is 5.92. The van der Waals surface area contributed by atoms with Crippen LogP contribution in [0.2, 0.25) is 5.02 Å². The van der Waals surface area contributed by atoms with Crippen molar-refractivity contribution in [3.8, 4) is 11.6 Å². The number of benzene rings is 1. The van der Waals surface area contributed by atoms with Gasteiger partial charge in [0.15, 0.2) is 0 Å². The van der Waals surface area contributed by atoms with E-state index in [0.717, 1.165) is 37.4 Å². The Morgan fingerprint density at radius 1 is 1.23 bits per heavy atom. The van der Waals surface area contributed by atoms with E-state index in [9.17, 15) is 0 Å². The Bertz CT molecular complexity index is 880. The zero-order valence-corrected chi connectivity index (χ0v) is 15.3. The standard InChI is InChI=1S/C19H20ClN5O/c1-24-10-8-22-18(24)13-25-9-2-3-17(25)16-11-21-12-19(23-16)26-15-6-4-14(20)5-7-15/h4-8,10-12,17H,2-3,9,13H2,1H3/t17-/m0/s1. The lowest BCUT2D eigenvalue weighted by molar-refractivity contribution is 0.234. The van der Waals surface area contributed by atoms with Crippen LogP contribution in [0.4, 0.5) is 0 Å². The van der Waals surface area contributed by atoms with Gasteiger partial charge in [0.1, 0.15) is 11.6 Å². The van der Waals surface area contributed by atoms with Crippen LogP contribution in [0, 0.1) is 0 Å². The van der Waals surface area contributed by atoms with Gasteiger partial charge in [-0.3, -0.25) is 9.88 Å². The second kappa shape index (κ2) is 7.43. The van der Waals surface area contributed by atoms with Crippen molar-refractivity contribution in [1.29, 1.82) is 0 Å². The van der Waals surface area contributed by atoms with Crippen LogP contribution in [-0.2, 0) is 13.6 Å². The molecular weight excluding hydrogens is 350 g/mol. The third-order valence-corrected chi connectivity index (χ3v) is 4.89. The van der Waals surface area contributed by atoms with E-state index in [-0.39, 0.29) is 6.04 Å². The van der Waals surface area contributed by atoms with E-state index in [0.29, 0.717) is 16.7 Å². The van der Waals surface area contributed by atoms with Crippen molar-refractivity contribution < 1.29 is 4.74 Å². The third kappa shape index (κ3) is 3.71. The highest BCUT2D eigenvalue weighted by Gasteiger charge is 2.28. The summed E-state index contributed by atoms with van der Waals surface area (Å²) in [5, 5.41) is 0.674. The number of hydrogen-bond donors (Lipinski definition) is 0. The molecule has 0 unspecified atom stereocenters. The Morgan fingerprint density at radius 3 is 2.85 bits per heavy atom. The summed E-state index contributed by atoms with van der Waals surface area (Å²) in [4.78, 5) is 15.9. The quantitative estimate of drug-likeness (QED) is 0.680. The van der Waals surface area contributed by atoms with Crippen LogP contribution >= 0.6 is 11.6 Å². The average molecular weight is 370 g/mol. The number of halogens is 1. The SMILES string of the molecule is Cn1ccnc1CN1CCC[C@H]1c1cncc(Oc2ccc(Cl)cc2)n1. The molecule has 3 aromatic rings. The fraction of sp³-hybridized carbons (Fsp3) is 0.316. The van der Waals surface area contributed by atoms with Gasteiger partial charge in [0, 0.05) is 24.5 Å². The van der Waals surface area contributed by atoms with E-state index < -0.39 is 0 Å². The smallest absolute Gasteiger partial charge is 0.238 e. The Hall–Kier alpha value is -2.44. The summed E-state index contributed by atoms with van der Waals surface area (Å²) in [6, 6.07) is 7.45. The molecule has 6 nitrogen and oxygen atoms in total.